The van der Waals surface area contributed by atoms with Crippen LogP contribution in [0.4, 0.5) is 5.88 Å². The Morgan fingerprint density at radius 3 is 2.73 bits per heavy atom. The fraction of sp³-hybridized carbons (Fsp3) is 0.211. The Bertz CT molecular complexity index is 1010. The number of unbranched alkanes of at least 4 members (excludes halogenated alkanes) is 1. The van der Waals surface area contributed by atoms with Crippen molar-refractivity contribution in [3.05, 3.63) is 68.3 Å². The Balaban J connectivity index is 1.90. The van der Waals surface area contributed by atoms with Gasteiger partial charge in [0.25, 0.3) is 0 Å². The minimum Gasteiger partial charge on any atom is -0.493 e. The summed E-state index contributed by atoms with van der Waals surface area (Å²) in [5, 5.41) is 11.4. The van der Waals surface area contributed by atoms with Gasteiger partial charge >= 0.3 is 11.5 Å². The van der Waals surface area contributed by atoms with E-state index in [4.69, 9.17) is 13.6 Å². The van der Waals surface area contributed by atoms with Gasteiger partial charge in [-0.3, -0.25) is 10.1 Å². The molecule has 1 aromatic carbocycles. The van der Waals surface area contributed by atoms with Gasteiger partial charge < -0.3 is 13.6 Å². The molecule has 7 nitrogen and oxygen atoms in total. The van der Waals surface area contributed by atoms with E-state index >= 15 is 0 Å². The highest BCUT2D eigenvalue weighted by atomic mass is 16.6. The van der Waals surface area contributed by atoms with Crippen molar-refractivity contribution in [2.45, 2.75) is 19.8 Å². The van der Waals surface area contributed by atoms with Crippen LogP contribution in [-0.2, 0) is 0 Å². The molecule has 0 radical (unpaired) electrons. The van der Waals surface area contributed by atoms with Crippen LogP contribution in [0, 0.1) is 10.1 Å². The third-order valence-corrected chi connectivity index (χ3v) is 3.73. The van der Waals surface area contributed by atoms with Crippen molar-refractivity contribution in [1.82, 2.24) is 0 Å². The first kappa shape index (κ1) is 17.5. The second-order valence-electron chi connectivity index (χ2n) is 5.65. The van der Waals surface area contributed by atoms with Gasteiger partial charge in [-0.05, 0) is 36.3 Å². The molecule has 0 aliphatic carbocycles. The van der Waals surface area contributed by atoms with Gasteiger partial charge in [0.15, 0.2) is 0 Å². The molecule has 3 rings (SSSR count). The van der Waals surface area contributed by atoms with Crippen LogP contribution in [0.25, 0.3) is 23.1 Å². The minimum atomic E-state index is -0.607. The second kappa shape index (κ2) is 7.69. The highest BCUT2D eigenvalue weighted by Crippen LogP contribution is 2.25. The van der Waals surface area contributed by atoms with E-state index in [0.29, 0.717) is 29.3 Å². The standard InChI is InChI=1S/C19H17NO6/c1-2-3-10-24-15-6-8-16-13(11-19(21)26-17(16)12-15)4-5-14-7-9-18(25-14)20(22)23/h4-9,11-12H,2-3,10H2,1H3/b5-4+. The molecule has 0 aliphatic heterocycles. The largest absolute Gasteiger partial charge is 0.493 e. The van der Waals surface area contributed by atoms with Gasteiger partial charge in [-0.2, -0.15) is 0 Å². The number of benzene rings is 1. The van der Waals surface area contributed by atoms with Crippen LogP contribution in [0.2, 0.25) is 0 Å². The molecule has 0 aliphatic rings. The summed E-state index contributed by atoms with van der Waals surface area (Å²) >= 11 is 0. The van der Waals surface area contributed by atoms with Crippen molar-refractivity contribution in [2.75, 3.05) is 6.61 Å². The number of ether oxygens (including phenoxy) is 1. The van der Waals surface area contributed by atoms with E-state index in [0.717, 1.165) is 18.2 Å². The van der Waals surface area contributed by atoms with Gasteiger partial charge in [-0.25, -0.2) is 4.79 Å². The smallest absolute Gasteiger partial charge is 0.433 e. The van der Waals surface area contributed by atoms with Gasteiger partial charge in [0.05, 0.1) is 12.7 Å². The van der Waals surface area contributed by atoms with Crippen molar-refractivity contribution in [2.24, 2.45) is 0 Å². The van der Waals surface area contributed by atoms with Gasteiger partial charge in [0.2, 0.25) is 0 Å². The summed E-state index contributed by atoms with van der Waals surface area (Å²) in [5.41, 5.74) is 0.542. The highest BCUT2D eigenvalue weighted by Gasteiger charge is 2.10. The summed E-state index contributed by atoms with van der Waals surface area (Å²) in [4.78, 5) is 21.9. The molecule has 0 N–H and O–H groups in total. The molecule has 0 atom stereocenters. The molecule has 0 saturated carbocycles. The normalized spacial score (nSPS) is 11.3. The maximum absolute atomic E-state index is 11.8. The average Bonchev–Trinajstić information content (AvgIpc) is 3.09. The maximum Gasteiger partial charge on any atom is 0.433 e. The van der Waals surface area contributed by atoms with Crippen molar-refractivity contribution in [3.8, 4) is 5.75 Å². The van der Waals surface area contributed by atoms with Crippen LogP contribution in [0.15, 0.2) is 50.0 Å². The third-order valence-electron chi connectivity index (χ3n) is 3.73. The third kappa shape index (κ3) is 4.00. The van der Waals surface area contributed by atoms with Crippen LogP contribution < -0.4 is 10.4 Å². The van der Waals surface area contributed by atoms with E-state index in [9.17, 15) is 14.9 Å². The molecule has 0 amide bonds. The number of hydrogen-bond donors (Lipinski definition) is 0. The van der Waals surface area contributed by atoms with Crippen molar-refractivity contribution in [1.29, 1.82) is 0 Å². The monoisotopic (exact) mass is 355 g/mol. The van der Waals surface area contributed by atoms with Crippen molar-refractivity contribution < 1.29 is 18.5 Å². The molecule has 2 heterocycles. The van der Waals surface area contributed by atoms with E-state index < -0.39 is 10.5 Å². The summed E-state index contributed by atoms with van der Waals surface area (Å²) in [6.45, 7) is 2.68. The topological polar surface area (TPSA) is 95.7 Å². The van der Waals surface area contributed by atoms with E-state index in [1.54, 1.807) is 18.2 Å². The van der Waals surface area contributed by atoms with Gasteiger partial charge in [0, 0.05) is 17.5 Å². The van der Waals surface area contributed by atoms with E-state index in [-0.39, 0.29) is 5.88 Å². The number of nitro groups is 1. The number of nitrogens with zero attached hydrogens (tertiary/aromatic N) is 1. The molecule has 0 unspecified atom stereocenters. The van der Waals surface area contributed by atoms with Gasteiger partial charge in [0.1, 0.15) is 22.0 Å². The predicted octanol–water partition coefficient (Wildman–Crippen LogP) is 4.64. The van der Waals surface area contributed by atoms with Gasteiger partial charge in [-0.15, -0.1) is 0 Å². The molecule has 7 heteroatoms. The molecule has 0 saturated heterocycles. The number of furan rings is 1. The lowest BCUT2D eigenvalue weighted by Crippen LogP contribution is -1.99. The molecule has 0 bridgehead atoms. The Labute approximate surface area is 148 Å². The Morgan fingerprint density at radius 1 is 1.15 bits per heavy atom. The molecule has 0 spiro atoms. The van der Waals surface area contributed by atoms with Crippen LogP contribution in [0.3, 0.4) is 0 Å². The summed E-state index contributed by atoms with van der Waals surface area (Å²) in [5.74, 6) is 0.616. The first-order chi connectivity index (χ1) is 12.6. The highest BCUT2D eigenvalue weighted by molar-refractivity contribution is 5.89. The lowest BCUT2D eigenvalue weighted by atomic mass is 10.1. The molecule has 26 heavy (non-hydrogen) atoms. The fourth-order valence-corrected chi connectivity index (χ4v) is 2.43. The summed E-state index contributed by atoms with van der Waals surface area (Å²) < 4.78 is 16.0. The SMILES string of the molecule is CCCCOc1ccc2c(/C=C/c3ccc([N+](=O)[O-])o3)cc(=O)oc2c1. The number of hydrogen-bond acceptors (Lipinski definition) is 6. The lowest BCUT2D eigenvalue weighted by molar-refractivity contribution is -0.402. The summed E-state index contributed by atoms with van der Waals surface area (Å²) in [6, 6.07) is 9.42. The van der Waals surface area contributed by atoms with Crippen LogP contribution >= 0.6 is 0 Å². The Kier molecular flexibility index (Phi) is 5.17. The predicted molar refractivity (Wildman–Crippen MR) is 97.2 cm³/mol. The van der Waals surface area contributed by atoms with E-state index in [1.807, 2.05) is 12.1 Å². The number of fused-ring (bicyclic) bond motifs is 1. The van der Waals surface area contributed by atoms with Crippen LogP contribution in [0.1, 0.15) is 31.1 Å². The lowest BCUT2D eigenvalue weighted by Gasteiger charge is -2.07. The zero-order valence-corrected chi connectivity index (χ0v) is 14.1. The summed E-state index contributed by atoms with van der Waals surface area (Å²) in [7, 11) is 0. The first-order valence-corrected chi connectivity index (χ1v) is 8.20. The summed E-state index contributed by atoms with van der Waals surface area (Å²) in [6.07, 6.45) is 5.19. The van der Waals surface area contributed by atoms with E-state index in [2.05, 4.69) is 6.92 Å². The van der Waals surface area contributed by atoms with Crippen LogP contribution in [0.5, 0.6) is 5.75 Å². The average molecular weight is 355 g/mol. The quantitative estimate of drug-likeness (QED) is 0.265. The minimum absolute atomic E-state index is 0.317. The zero-order chi connectivity index (χ0) is 18.5. The van der Waals surface area contributed by atoms with Crippen molar-refractivity contribution >= 4 is 29.0 Å². The Morgan fingerprint density at radius 2 is 2.00 bits per heavy atom. The van der Waals surface area contributed by atoms with Crippen molar-refractivity contribution in [3.63, 3.8) is 0 Å². The second-order valence-corrected chi connectivity index (χ2v) is 5.65. The molecular weight excluding hydrogens is 338 g/mol. The zero-order valence-electron chi connectivity index (χ0n) is 14.1. The molecule has 3 aromatic rings. The molecule has 0 fully saturated rings. The van der Waals surface area contributed by atoms with Crippen LogP contribution in [-0.4, -0.2) is 11.5 Å². The number of rotatable bonds is 7. The Hall–Kier alpha value is -3.35. The maximum atomic E-state index is 11.8. The van der Waals surface area contributed by atoms with E-state index in [1.165, 1.54) is 18.2 Å². The van der Waals surface area contributed by atoms with Gasteiger partial charge in [-0.1, -0.05) is 19.4 Å². The first-order valence-electron chi connectivity index (χ1n) is 8.20. The molecular formula is C19H17NO6. The molecule has 2 aromatic heterocycles. The fourth-order valence-electron chi connectivity index (χ4n) is 2.43. The molecule has 134 valence electrons.